The Morgan fingerprint density at radius 3 is 3.07 bits per heavy atom. The maximum atomic E-state index is 11.5. The van der Waals surface area contributed by atoms with Crippen LogP contribution in [-0.2, 0) is 4.79 Å². The van der Waals surface area contributed by atoms with Crippen molar-refractivity contribution in [1.29, 1.82) is 0 Å². The quantitative estimate of drug-likeness (QED) is 0.540. The molecule has 3 N–H and O–H groups in total. The first kappa shape index (κ1) is 12.8. The molecule has 1 unspecified atom stereocenters. The number of aliphatic hydroxyl groups is 1. The summed E-state index contributed by atoms with van der Waals surface area (Å²) in [4.78, 5) is 11.5. The lowest BCUT2D eigenvalue weighted by atomic mass is 10.2. The van der Waals surface area contributed by atoms with E-state index in [4.69, 9.17) is 5.11 Å². The van der Waals surface area contributed by atoms with Gasteiger partial charge in [0.25, 0.3) is 0 Å². The van der Waals surface area contributed by atoms with Crippen LogP contribution < -0.4 is 10.6 Å². The van der Waals surface area contributed by atoms with Crippen LogP contribution in [0, 0.1) is 0 Å². The molecular weight excluding hydrogens is 212 g/mol. The van der Waals surface area contributed by atoms with Crippen LogP contribution in [0.5, 0.6) is 0 Å². The van der Waals surface area contributed by atoms with Gasteiger partial charge >= 0.3 is 0 Å². The van der Waals surface area contributed by atoms with Crippen molar-refractivity contribution in [3.63, 3.8) is 0 Å². The van der Waals surface area contributed by atoms with Crippen LogP contribution in [0.4, 0.5) is 0 Å². The van der Waals surface area contributed by atoms with E-state index in [1.54, 1.807) is 11.8 Å². The molecule has 0 aliphatic carbocycles. The molecule has 1 amide bonds. The summed E-state index contributed by atoms with van der Waals surface area (Å²) in [6.45, 7) is 1.95. The molecular formula is C10H20N2O2S. The topological polar surface area (TPSA) is 61.4 Å². The summed E-state index contributed by atoms with van der Waals surface area (Å²) >= 11 is 1.77. The lowest BCUT2D eigenvalue weighted by Gasteiger charge is -2.10. The van der Waals surface area contributed by atoms with Gasteiger partial charge in [-0.15, -0.1) is 0 Å². The molecule has 5 heteroatoms. The molecule has 15 heavy (non-hydrogen) atoms. The van der Waals surface area contributed by atoms with Crippen molar-refractivity contribution in [2.24, 2.45) is 0 Å². The second kappa shape index (κ2) is 7.96. The van der Waals surface area contributed by atoms with Gasteiger partial charge < -0.3 is 15.7 Å². The lowest BCUT2D eigenvalue weighted by Crippen LogP contribution is -2.41. The number of rotatable bonds is 7. The minimum absolute atomic E-state index is 0.0347. The van der Waals surface area contributed by atoms with Gasteiger partial charge in [-0.3, -0.25) is 4.79 Å². The fourth-order valence-electron chi connectivity index (χ4n) is 1.55. The molecule has 0 radical (unpaired) electrons. The minimum atomic E-state index is 0.0347. The number of hydrogen-bond acceptors (Lipinski definition) is 4. The SMILES string of the molecule is O=C(NCCSCCCO)C1CCCN1. The zero-order valence-corrected chi connectivity index (χ0v) is 9.81. The van der Waals surface area contributed by atoms with Crippen LogP contribution in [0.3, 0.4) is 0 Å². The molecule has 1 atom stereocenters. The molecule has 1 rings (SSSR count). The number of carbonyl (C=O) groups is 1. The van der Waals surface area contributed by atoms with Crippen molar-refractivity contribution in [3.05, 3.63) is 0 Å². The predicted octanol–water partition coefficient (Wildman–Crippen LogP) is -0.0298. The van der Waals surface area contributed by atoms with Gasteiger partial charge in [0.05, 0.1) is 6.04 Å². The molecule has 1 fully saturated rings. The van der Waals surface area contributed by atoms with Crippen LogP contribution in [-0.4, -0.2) is 48.3 Å². The summed E-state index contributed by atoms with van der Waals surface area (Å²) in [7, 11) is 0. The van der Waals surface area contributed by atoms with Gasteiger partial charge in [0.2, 0.25) is 5.91 Å². The van der Waals surface area contributed by atoms with Crippen molar-refractivity contribution in [1.82, 2.24) is 10.6 Å². The number of aliphatic hydroxyl groups excluding tert-OH is 1. The third kappa shape index (κ3) is 5.39. The smallest absolute Gasteiger partial charge is 0.237 e. The Labute approximate surface area is 95.2 Å². The summed E-state index contributed by atoms with van der Waals surface area (Å²) in [6, 6.07) is 0.0347. The van der Waals surface area contributed by atoms with Gasteiger partial charge in [0, 0.05) is 18.9 Å². The second-order valence-corrected chi connectivity index (χ2v) is 4.85. The highest BCUT2D eigenvalue weighted by molar-refractivity contribution is 7.99. The fraction of sp³-hybridized carbons (Fsp3) is 0.900. The average molecular weight is 232 g/mol. The van der Waals surface area contributed by atoms with Crippen LogP contribution in [0.25, 0.3) is 0 Å². The van der Waals surface area contributed by atoms with E-state index in [1.807, 2.05) is 0 Å². The molecule has 0 bridgehead atoms. The standard InChI is InChI=1S/C10H20N2O2S/c13-6-2-7-15-8-5-12-10(14)9-3-1-4-11-9/h9,11,13H,1-8H2,(H,12,14). The Bertz CT molecular complexity index is 184. The Kier molecular flexibility index (Phi) is 6.80. The maximum Gasteiger partial charge on any atom is 0.237 e. The molecule has 0 spiro atoms. The second-order valence-electron chi connectivity index (χ2n) is 3.63. The van der Waals surface area contributed by atoms with Gasteiger partial charge in [0.15, 0.2) is 0 Å². The molecule has 1 aliphatic heterocycles. The molecule has 88 valence electrons. The van der Waals surface area contributed by atoms with Crippen molar-refractivity contribution in [3.8, 4) is 0 Å². The zero-order valence-electron chi connectivity index (χ0n) is 9.00. The van der Waals surface area contributed by atoms with Crippen LogP contribution >= 0.6 is 11.8 Å². The number of amides is 1. The van der Waals surface area contributed by atoms with Gasteiger partial charge in [-0.1, -0.05) is 0 Å². The van der Waals surface area contributed by atoms with Crippen LogP contribution in [0.1, 0.15) is 19.3 Å². The van der Waals surface area contributed by atoms with E-state index < -0.39 is 0 Å². The molecule has 0 saturated carbocycles. The van der Waals surface area contributed by atoms with Gasteiger partial charge in [0.1, 0.15) is 0 Å². The summed E-state index contributed by atoms with van der Waals surface area (Å²) in [5.74, 6) is 2.03. The van der Waals surface area contributed by atoms with E-state index in [1.165, 1.54) is 0 Å². The van der Waals surface area contributed by atoms with Crippen LogP contribution in [0.15, 0.2) is 0 Å². The Balaban J connectivity index is 1.92. The Morgan fingerprint density at radius 2 is 2.40 bits per heavy atom. The molecule has 1 saturated heterocycles. The number of nitrogens with one attached hydrogen (secondary N) is 2. The van der Waals surface area contributed by atoms with Gasteiger partial charge in [-0.05, 0) is 31.6 Å². The molecule has 4 nitrogen and oxygen atoms in total. The first-order chi connectivity index (χ1) is 7.34. The van der Waals surface area contributed by atoms with Crippen molar-refractivity contribution >= 4 is 17.7 Å². The molecule has 0 aromatic rings. The van der Waals surface area contributed by atoms with Crippen LogP contribution in [0.2, 0.25) is 0 Å². The lowest BCUT2D eigenvalue weighted by molar-refractivity contribution is -0.122. The van der Waals surface area contributed by atoms with E-state index in [0.29, 0.717) is 0 Å². The monoisotopic (exact) mass is 232 g/mol. The highest BCUT2D eigenvalue weighted by Crippen LogP contribution is 2.05. The third-order valence-electron chi connectivity index (χ3n) is 2.37. The predicted molar refractivity (Wildman–Crippen MR) is 63.1 cm³/mol. The maximum absolute atomic E-state index is 11.5. The minimum Gasteiger partial charge on any atom is -0.396 e. The van der Waals surface area contributed by atoms with E-state index >= 15 is 0 Å². The normalized spacial score (nSPS) is 20.5. The van der Waals surface area contributed by atoms with E-state index in [0.717, 1.165) is 43.9 Å². The number of carbonyl (C=O) groups excluding carboxylic acids is 1. The van der Waals surface area contributed by atoms with E-state index in [2.05, 4.69) is 10.6 Å². The molecule has 1 heterocycles. The molecule has 1 aliphatic rings. The largest absolute Gasteiger partial charge is 0.396 e. The Hall–Kier alpha value is -0.260. The number of hydrogen-bond donors (Lipinski definition) is 3. The van der Waals surface area contributed by atoms with Crippen molar-refractivity contribution in [2.45, 2.75) is 25.3 Å². The summed E-state index contributed by atoms with van der Waals surface area (Å²) < 4.78 is 0. The third-order valence-corrected chi connectivity index (χ3v) is 3.44. The van der Waals surface area contributed by atoms with Crippen molar-refractivity contribution in [2.75, 3.05) is 31.2 Å². The summed E-state index contributed by atoms with van der Waals surface area (Å²) in [5, 5.41) is 14.6. The Morgan fingerprint density at radius 1 is 1.53 bits per heavy atom. The number of thioether (sulfide) groups is 1. The van der Waals surface area contributed by atoms with Gasteiger partial charge in [-0.25, -0.2) is 0 Å². The van der Waals surface area contributed by atoms with E-state index in [9.17, 15) is 4.79 Å². The first-order valence-corrected chi connectivity index (χ1v) is 6.70. The average Bonchev–Trinajstić information content (AvgIpc) is 2.76. The highest BCUT2D eigenvalue weighted by Gasteiger charge is 2.20. The fourth-order valence-corrected chi connectivity index (χ4v) is 2.33. The first-order valence-electron chi connectivity index (χ1n) is 5.54. The zero-order chi connectivity index (χ0) is 10.9. The summed E-state index contributed by atoms with van der Waals surface area (Å²) in [5.41, 5.74) is 0. The molecule has 0 aromatic heterocycles. The molecule has 0 aromatic carbocycles. The van der Waals surface area contributed by atoms with E-state index in [-0.39, 0.29) is 18.6 Å². The highest BCUT2D eigenvalue weighted by atomic mass is 32.2. The summed E-state index contributed by atoms with van der Waals surface area (Å²) in [6.07, 6.45) is 2.90. The van der Waals surface area contributed by atoms with Crippen molar-refractivity contribution < 1.29 is 9.90 Å². The van der Waals surface area contributed by atoms with Gasteiger partial charge in [-0.2, -0.15) is 11.8 Å².